The van der Waals surface area contributed by atoms with E-state index in [0.717, 1.165) is 0 Å². The van der Waals surface area contributed by atoms with Crippen LogP contribution in [0.25, 0.3) is 0 Å². The number of halogens is 3. The maximum atomic E-state index is 13.3. The molecule has 4 heteroatoms. The Balaban J connectivity index is 3.45. The van der Waals surface area contributed by atoms with Gasteiger partial charge in [-0.2, -0.15) is 5.26 Å². The van der Waals surface area contributed by atoms with Gasteiger partial charge in [-0.15, -0.1) is 0 Å². The fourth-order valence-corrected chi connectivity index (χ4v) is 1.38. The van der Waals surface area contributed by atoms with Gasteiger partial charge in [-0.1, -0.05) is 6.92 Å². The summed E-state index contributed by atoms with van der Waals surface area (Å²) in [6.45, 7) is 3.07. The normalized spacial score (nSPS) is 14.4. The molecule has 0 saturated carbocycles. The molecule has 0 aliphatic carbocycles. The first-order valence-electron chi connectivity index (χ1n) is 4.51. The van der Waals surface area contributed by atoms with Gasteiger partial charge in [0.15, 0.2) is 0 Å². The van der Waals surface area contributed by atoms with E-state index in [0.29, 0.717) is 12.1 Å². The number of rotatable bonds is 2. The molecule has 0 amide bonds. The smallest absolute Gasteiger partial charge is 0.133 e. The van der Waals surface area contributed by atoms with Crippen molar-refractivity contribution in [1.82, 2.24) is 0 Å². The third kappa shape index (κ3) is 1.96. The van der Waals surface area contributed by atoms with Crippen molar-refractivity contribution < 1.29 is 13.2 Å². The zero-order chi connectivity index (χ0) is 11.6. The Bertz CT molecular complexity index is 399. The topological polar surface area (TPSA) is 23.8 Å². The number of hydrogen-bond acceptors (Lipinski definition) is 1. The van der Waals surface area contributed by atoms with Crippen LogP contribution in [0, 0.1) is 28.8 Å². The van der Waals surface area contributed by atoms with E-state index in [1.54, 1.807) is 6.92 Å². The largest absolute Gasteiger partial charge is 0.207 e. The molecule has 15 heavy (non-hydrogen) atoms. The van der Waals surface area contributed by atoms with Gasteiger partial charge in [-0.05, 0) is 13.3 Å². The zero-order valence-electron chi connectivity index (χ0n) is 8.44. The molecule has 1 aromatic carbocycles. The first-order chi connectivity index (χ1) is 6.94. The highest BCUT2D eigenvalue weighted by Gasteiger charge is 2.31. The SMILES string of the molecule is CCC(C)(C#N)c1c(F)cc(F)cc1F. The van der Waals surface area contributed by atoms with Gasteiger partial charge in [0.2, 0.25) is 0 Å². The lowest BCUT2D eigenvalue weighted by molar-refractivity contribution is 0.466. The molecule has 1 aromatic rings. The van der Waals surface area contributed by atoms with E-state index in [4.69, 9.17) is 5.26 Å². The maximum Gasteiger partial charge on any atom is 0.133 e. The van der Waals surface area contributed by atoms with Gasteiger partial charge in [0, 0.05) is 17.7 Å². The molecule has 1 rings (SSSR count). The fourth-order valence-electron chi connectivity index (χ4n) is 1.38. The van der Waals surface area contributed by atoms with E-state index in [-0.39, 0.29) is 12.0 Å². The molecule has 0 aromatic heterocycles. The number of benzene rings is 1. The minimum atomic E-state index is -1.26. The van der Waals surface area contributed by atoms with Crippen LogP contribution in [-0.2, 0) is 5.41 Å². The minimum absolute atomic E-state index is 0.253. The first-order valence-corrected chi connectivity index (χ1v) is 4.51. The van der Waals surface area contributed by atoms with Crippen LogP contribution in [0.1, 0.15) is 25.8 Å². The second-order valence-corrected chi connectivity index (χ2v) is 3.54. The summed E-state index contributed by atoms with van der Waals surface area (Å²) in [5.74, 6) is -3.01. The van der Waals surface area contributed by atoms with Crippen molar-refractivity contribution >= 4 is 0 Å². The fraction of sp³-hybridized carbons (Fsp3) is 0.364. The van der Waals surface area contributed by atoms with Gasteiger partial charge in [0.25, 0.3) is 0 Å². The Morgan fingerprint density at radius 2 is 1.73 bits per heavy atom. The van der Waals surface area contributed by atoms with E-state index in [1.807, 2.05) is 6.07 Å². The van der Waals surface area contributed by atoms with E-state index in [2.05, 4.69) is 0 Å². The molecule has 0 bridgehead atoms. The van der Waals surface area contributed by atoms with Gasteiger partial charge in [0.1, 0.15) is 17.5 Å². The molecule has 0 spiro atoms. The monoisotopic (exact) mass is 213 g/mol. The van der Waals surface area contributed by atoms with Crippen LogP contribution in [0.4, 0.5) is 13.2 Å². The Morgan fingerprint density at radius 1 is 1.27 bits per heavy atom. The van der Waals surface area contributed by atoms with Gasteiger partial charge in [-0.3, -0.25) is 0 Å². The Labute approximate surface area is 86.1 Å². The van der Waals surface area contributed by atoms with Crippen LogP contribution in [0.15, 0.2) is 12.1 Å². The Morgan fingerprint density at radius 3 is 2.07 bits per heavy atom. The highest BCUT2D eigenvalue weighted by Crippen LogP contribution is 2.31. The maximum absolute atomic E-state index is 13.3. The summed E-state index contributed by atoms with van der Waals surface area (Å²) in [6, 6.07) is 3.02. The summed E-state index contributed by atoms with van der Waals surface area (Å²) in [5.41, 5.74) is -1.63. The number of hydrogen-bond donors (Lipinski definition) is 0. The Kier molecular flexibility index (Phi) is 3.04. The van der Waals surface area contributed by atoms with Crippen LogP contribution in [0.2, 0.25) is 0 Å². The van der Waals surface area contributed by atoms with Crippen LogP contribution < -0.4 is 0 Å². The van der Waals surface area contributed by atoms with Crippen molar-refractivity contribution in [2.24, 2.45) is 0 Å². The molecule has 1 atom stereocenters. The molecule has 0 aliphatic rings. The van der Waals surface area contributed by atoms with E-state index < -0.39 is 22.9 Å². The first kappa shape index (κ1) is 11.6. The molecule has 0 heterocycles. The van der Waals surface area contributed by atoms with Crippen molar-refractivity contribution in [2.75, 3.05) is 0 Å². The van der Waals surface area contributed by atoms with Crippen molar-refractivity contribution in [3.8, 4) is 6.07 Å². The summed E-state index contributed by atoms with van der Waals surface area (Å²) >= 11 is 0. The van der Waals surface area contributed by atoms with Gasteiger partial charge in [0.05, 0.1) is 11.5 Å². The predicted molar refractivity (Wildman–Crippen MR) is 49.6 cm³/mol. The molecule has 1 unspecified atom stereocenters. The summed E-state index contributed by atoms with van der Waals surface area (Å²) in [5, 5.41) is 8.88. The Hall–Kier alpha value is -1.50. The molecule has 0 saturated heterocycles. The average molecular weight is 213 g/mol. The van der Waals surface area contributed by atoms with E-state index >= 15 is 0 Å². The second kappa shape index (κ2) is 3.93. The standard InChI is InChI=1S/C11H10F3N/c1-3-11(2,6-15)10-8(13)4-7(12)5-9(10)14/h4-5H,3H2,1-2H3. The van der Waals surface area contributed by atoms with Crippen LogP contribution in [0.5, 0.6) is 0 Å². The molecule has 1 nitrogen and oxygen atoms in total. The molecule has 0 fully saturated rings. The van der Waals surface area contributed by atoms with Gasteiger partial charge in [-0.25, -0.2) is 13.2 Å². The lowest BCUT2D eigenvalue weighted by Crippen LogP contribution is -2.22. The van der Waals surface area contributed by atoms with Crippen LogP contribution in [0.3, 0.4) is 0 Å². The third-order valence-electron chi connectivity index (χ3n) is 2.51. The van der Waals surface area contributed by atoms with Gasteiger partial charge >= 0.3 is 0 Å². The lowest BCUT2D eigenvalue weighted by Gasteiger charge is -2.21. The molecular formula is C11H10F3N. The van der Waals surface area contributed by atoms with Crippen LogP contribution >= 0.6 is 0 Å². The van der Waals surface area contributed by atoms with Gasteiger partial charge < -0.3 is 0 Å². The molecule has 80 valence electrons. The third-order valence-corrected chi connectivity index (χ3v) is 2.51. The summed E-state index contributed by atoms with van der Waals surface area (Å²) in [7, 11) is 0. The summed E-state index contributed by atoms with van der Waals surface area (Å²) in [6.07, 6.45) is 0.253. The van der Waals surface area contributed by atoms with Crippen molar-refractivity contribution in [1.29, 1.82) is 5.26 Å². The number of nitrogens with zero attached hydrogens (tertiary/aromatic N) is 1. The van der Waals surface area contributed by atoms with Crippen molar-refractivity contribution in [2.45, 2.75) is 25.7 Å². The van der Waals surface area contributed by atoms with Crippen molar-refractivity contribution in [3.63, 3.8) is 0 Å². The lowest BCUT2D eigenvalue weighted by atomic mass is 9.81. The average Bonchev–Trinajstić information content (AvgIpc) is 2.15. The quantitative estimate of drug-likeness (QED) is 0.739. The minimum Gasteiger partial charge on any atom is -0.207 e. The molecule has 0 N–H and O–H groups in total. The van der Waals surface area contributed by atoms with E-state index in [1.165, 1.54) is 6.92 Å². The van der Waals surface area contributed by atoms with Crippen LogP contribution in [-0.4, -0.2) is 0 Å². The second-order valence-electron chi connectivity index (χ2n) is 3.54. The molecule has 0 radical (unpaired) electrons. The summed E-state index contributed by atoms with van der Waals surface area (Å²) in [4.78, 5) is 0. The summed E-state index contributed by atoms with van der Waals surface area (Å²) < 4.78 is 39.3. The highest BCUT2D eigenvalue weighted by atomic mass is 19.1. The molecule has 0 aliphatic heterocycles. The predicted octanol–water partition coefficient (Wildman–Crippen LogP) is 3.30. The zero-order valence-corrected chi connectivity index (χ0v) is 8.44. The molecular weight excluding hydrogens is 203 g/mol. The highest BCUT2D eigenvalue weighted by molar-refractivity contribution is 5.34. The number of nitriles is 1. The van der Waals surface area contributed by atoms with E-state index in [9.17, 15) is 13.2 Å². The van der Waals surface area contributed by atoms with Crippen molar-refractivity contribution in [3.05, 3.63) is 35.1 Å².